The zero-order valence-electron chi connectivity index (χ0n) is 11.8. The highest BCUT2D eigenvalue weighted by atomic mass is 16.5. The number of phenols is 1. The maximum atomic E-state index is 12.3. The molecule has 1 unspecified atom stereocenters. The molecule has 1 aliphatic heterocycles. The molecule has 5 nitrogen and oxygen atoms in total. The molecule has 0 radical (unpaired) electrons. The zero-order chi connectivity index (χ0) is 14.5. The van der Waals surface area contributed by atoms with Crippen molar-refractivity contribution >= 4 is 11.6 Å². The van der Waals surface area contributed by atoms with Crippen LogP contribution in [0.25, 0.3) is 0 Å². The number of likely N-dealkylation sites (tertiary alicyclic amines) is 1. The molecule has 0 saturated carbocycles. The van der Waals surface area contributed by atoms with E-state index >= 15 is 0 Å². The van der Waals surface area contributed by atoms with Crippen molar-refractivity contribution < 1.29 is 14.6 Å². The van der Waals surface area contributed by atoms with Crippen LogP contribution >= 0.6 is 0 Å². The molecule has 20 heavy (non-hydrogen) atoms. The van der Waals surface area contributed by atoms with Crippen LogP contribution in [0.3, 0.4) is 0 Å². The maximum absolute atomic E-state index is 12.3. The van der Waals surface area contributed by atoms with Crippen molar-refractivity contribution in [2.45, 2.75) is 38.7 Å². The van der Waals surface area contributed by atoms with Crippen molar-refractivity contribution in [3.63, 3.8) is 0 Å². The van der Waals surface area contributed by atoms with E-state index in [0.29, 0.717) is 5.75 Å². The molecular weight excluding hydrogens is 256 g/mol. The van der Waals surface area contributed by atoms with Gasteiger partial charge < -0.3 is 20.5 Å². The molecule has 1 aliphatic rings. The van der Waals surface area contributed by atoms with E-state index in [9.17, 15) is 9.90 Å². The first-order chi connectivity index (χ1) is 9.59. The summed E-state index contributed by atoms with van der Waals surface area (Å²) < 4.78 is 5.61. The average molecular weight is 278 g/mol. The average Bonchev–Trinajstić information content (AvgIpc) is 2.72. The normalized spacial score (nSPS) is 17.4. The highest BCUT2D eigenvalue weighted by Crippen LogP contribution is 2.30. The predicted molar refractivity (Wildman–Crippen MR) is 77.7 cm³/mol. The van der Waals surface area contributed by atoms with E-state index in [1.165, 1.54) is 18.9 Å². The lowest BCUT2D eigenvalue weighted by atomic mass is 10.2. The molecule has 110 valence electrons. The zero-order valence-corrected chi connectivity index (χ0v) is 11.8. The van der Waals surface area contributed by atoms with Gasteiger partial charge in [0.05, 0.1) is 0 Å². The standard InChI is InChI=1S/C15H22N2O3/c1-11(15(19)17-9-4-2-3-5-10-17)20-13-8-6-7-12(18)14(13)16/h6-8,11,18H,2-5,9-10,16H2,1H3. The molecule has 2 rings (SSSR count). The number of nitrogens with two attached hydrogens (primary N) is 1. The molecule has 1 atom stereocenters. The first kappa shape index (κ1) is 14.5. The molecule has 0 bridgehead atoms. The van der Waals surface area contributed by atoms with Crippen LogP contribution in [0.2, 0.25) is 0 Å². The van der Waals surface area contributed by atoms with Crippen LogP contribution in [0, 0.1) is 0 Å². The smallest absolute Gasteiger partial charge is 0.263 e. The van der Waals surface area contributed by atoms with Gasteiger partial charge in [-0.3, -0.25) is 4.79 Å². The number of hydrogen-bond acceptors (Lipinski definition) is 4. The van der Waals surface area contributed by atoms with Crippen LogP contribution in [-0.2, 0) is 4.79 Å². The van der Waals surface area contributed by atoms with Crippen molar-refractivity contribution in [1.29, 1.82) is 0 Å². The monoisotopic (exact) mass is 278 g/mol. The van der Waals surface area contributed by atoms with Crippen LogP contribution in [0.1, 0.15) is 32.6 Å². The van der Waals surface area contributed by atoms with Gasteiger partial charge in [0.1, 0.15) is 17.2 Å². The second-order valence-electron chi connectivity index (χ2n) is 5.19. The molecule has 0 aliphatic carbocycles. The quantitative estimate of drug-likeness (QED) is 0.656. The first-order valence-electron chi connectivity index (χ1n) is 7.12. The Morgan fingerprint density at radius 3 is 2.60 bits per heavy atom. The molecular formula is C15H22N2O3. The summed E-state index contributed by atoms with van der Waals surface area (Å²) in [5.41, 5.74) is 5.90. The predicted octanol–water partition coefficient (Wildman–Crippen LogP) is 2.14. The van der Waals surface area contributed by atoms with Gasteiger partial charge in [-0.15, -0.1) is 0 Å². The van der Waals surface area contributed by atoms with Gasteiger partial charge in [-0.2, -0.15) is 0 Å². The number of carbonyl (C=O) groups excluding carboxylic acids is 1. The summed E-state index contributed by atoms with van der Waals surface area (Å²) in [7, 11) is 0. The van der Waals surface area contributed by atoms with Crippen LogP contribution in [-0.4, -0.2) is 35.1 Å². The number of nitrogens with zero attached hydrogens (tertiary/aromatic N) is 1. The Kier molecular flexibility index (Phi) is 4.71. The maximum Gasteiger partial charge on any atom is 0.263 e. The Labute approximate surface area is 119 Å². The van der Waals surface area contributed by atoms with E-state index in [1.54, 1.807) is 19.1 Å². The Morgan fingerprint density at radius 1 is 1.30 bits per heavy atom. The number of ether oxygens (including phenoxy) is 1. The van der Waals surface area contributed by atoms with Gasteiger partial charge in [-0.25, -0.2) is 0 Å². The second kappa shape index (κ2) is 6.50. The van der Waals surface area contributed by atoms with Gasteiger partial charge in [0.2, 0.25) is 0 Å². The number of amides is 1. The van der Waals surface area contributed by atoms with Gasteiger partial charge >= 0.3 is 0 Å². The van der Waals surface area contributed by atoms with Crippen molar-refractivity contribution in [1.82, 2.24) is 4.90 Å². The number of anilines is 1. The Bertz CT molecular complexity index is 468. The van der Waals surface area contributed by atoms with E-state index in [1.807, 2.05) is 4.90 Å². The van der Waals surface area contributed by atoms with Crippen molar-refractivity contribution in [2.24, 2.45) is 0 Å². The Balaban J connectivity index is 2.01. The Hall–Kier alpha value is -1.91. The van der Waals surface area contributed by atoms with E-state index in [-0.39, 0.29) is 17.3 Å². The summed E-state index contributed by atoms with van der Waals surface area (Å²) in [4.78, 5) is 14.2. The summed E-state index contributed by atoms with van der Waals surface area (Å²) >= 11 is 0. The third kappa shape index (κ3) is 3.35. The van der Waals surface area contributed by atoms with Crippen LogP contribution < -0.4 is 10.5 Å². The van der Waals surface area contributed by atoms with Crippen LogP contribution in [0.5, 0.6) is 11.5 Å². The minimum atomic E-state index is -0.600. The summed E-state index contributed by atoms with van der Waals surface area (Å²) in [5, 5.41) is 9.54. The van der Waals surface area contributed by atoms with E-state index in [0.717, 1.165) is 25.9 Å². The highest BCUT2D eigenvalue weighted by molar-refractivity contribution is 5.81. The summed E-state index contributed by atoms with van der Waals surface area (Å²) in [5.74, 6) is 0.298. The third-order valence-electron chi connectivity index (χ3n) is 3.61. The number of carbonyl (C=O) groups is 1. The van der Waals surface area contributed by atoms with E-state index < -0.39 is 6.10 Å². The molecule has 5 heteroatoms. The van der Waals surface area contributed by atoms with Gasteiger partial charge in [0.15, 0.2) is 6.10 Å². The van der Waals surface area contributed by atoms with Gasteiger partial charge in [0, 0.05) is 13.1 Å². The largest absolute Gasteiger partial charge is 0.506 e. The lowest BCUT2D eigenvalue weighted by Crippen LogP contribution is -2.41. The second-order valence-corrected chi connectivity index (χ2v) is 5.19. The SMILES string of the molecule is CC(Oc1cccc(O)c1N)C(=O)N1CCCCCC1. The number of hydrogen-bond donors (Lipinski definition) is 2. The molecule has 0 aromatic heterocycles. The van der Waals surface area contributed by atoms with Gasteiger partial charge in [0.25, 0.3) is 5.91 Å². The summed E-state index contributed by atoms with van der Waals surface area (Å²) in [6, 6.07) is 4.79. The lowest BCUT2D eigenvalue weighted by molar-refractivity contribution is -0.137. The fourth-order valence-corrected chi connectivity index (χ4v) is 2.42. The number of phenolic OH excluding ortho intramolecular Hbond substituents is 1. The van der Waals surface area contributed by atoms with Crippen LogP contribution in [0.15, 0.2) is 18.2 Å². The number of nitrogen functional groups attached to an aromatic ring is 1. The number of benzene rings is 1. The molecule has 1 aromatic carbocycles. The fraction of sp³-hybridized carbons (Fsp3) is 0.533. The first-order valence-corrected chi connectivity index (χ1v) is 7.12. The molecule has 1 aromatic rings. The van der Waals surface area contributed by atoms with Crippen molar-refractivity contribution in [2.75, 3.05) is 18.8 Å². The molecule has 1 fully saturated rings. The van der Waals surface area contributed by atoms with Crippen LogP contribution in [0.4, 0.5) is 5.69 Å². The van der Waals surface area contributed by atoms with Crippen molar-refractivity contribution in [3.05, 3.63) is 18.2 Å². The number of aromatic hydroxyl groups is 1. The van der Waals surface area contributed by atoms with Crippen molar-refractivity contribution in [3.8, 4) is 11.5 Å². The summed E-state index contributed by atoms with van der Waals surface area (Å²) in [6.45, 7) is 3.31. The molecule has 0 spiro atoms. The third-order valence-corrected chi connectivity index (χ3v) is 3.61. The number of rotatable bonds is 3. The topological polar surface area (TPSA) is 75.8 Å². The van der Waals surface area contributed by atoms with E-state index in [4.69, 9.17) is 10.5 Å². The minimum Gasteiger partial charge on any atom is -0.506 e. The Morgan fingerprint density at radius 2 is 1.95 bits per heavy atom. The van der Waals surface area contributed by atoms with Gasteiger partial charge in [-0.05, 0) is 31.9 Å². The molecule has 1 saturated heterocycles. The summed E-state index contributed by atoms with van der Waals surface area (Å²) in [6.07, 6.45) is 3.86. The van der Waals surface area contributed by atoms with Gasteiger partial charge in [-0.1, -0.05) is 18.9 Å². The lowest BCUT2D eigenvalue weighted by Gasteiger charge is -2.25. The molecule has 3 N–H and O–H groups in total. The van der Waals surface area contributed by atoms with E-state index in [2.05, 4.69) is 0 Å². The number of para-hydroxylation sites is 1. The highest BCUT2D eigenvalue weighted by Gasteiger charge is 2.23. The minimum absolute atomic E-state index is 0.0188. The fourth-order valence-electron chi connectivity index (χ4n) is 2.42. The molecule has 1 heterocycles. The molecule has 1 amide bonds.